The van der Waals surface area contributed by atoms with Crippen molar-refractivity contribution in [2.45, 2.75) is 12.4 Å². The SMILES string of the molecule is C=C(C=O)/C(=C\C(=C)C(F)(F)F)C(F)(F)F. The summed E-state index contributed by atoms with van der Waals surface area (Å²) in [4.78, 5) is 10.1. The highest BCUT2D eigenvalue weighted by molar-refractivity contribution is 5.80. The second kappa shape index (κ2) is 4.54. The number of hydrogen-bond acceptors (Lipinski definition) is 1. The standard InChI is InChI=1S/C9H6F6O/c1-5(4-16)7(9(13,14)15)3-6(2)8(10,11)12/h3-4H,1-2H2/b7-3+. The zero-order valence-corrected chi connectivity index (χ0v) is 7.74. The molecule has 0 atom stereocenters. The first kappa shape index (κ1) is 14.5. The summed E-state index contributed by atoms with van der Waals surface area (Å²) in [6, 6.07) is 0. The van der Waals surface area contributed by atoms with Crippen LogP contribution >= 0.6 is 0 Å². The Balaban J connectivity index is 5.39. The van der Waals surface area contributed by atoms with E-state index in [1.807, 2.05) is 0 Å². The van der Waals surface area contributed by atoms with Gasteiger partial charge in [-0.3, -0.25) is 4.79 Å². The van der Waals surface area contributed by atoms with Gasteiger partial charge in [-0.2, -0.15) is 26.3 Å². The van der Waals surface area contributed by atoms with E-state index >= 15 is 0 Å². The van der Waals surface area contributed by atoms with Crippen molar-refractivity contribution < 1.29 is 31.1 Å². The molecule has 0 bridgehead atoms. The molecule has 0 aliphatic carbocycles. The van der Waals surface area contributed by atoms with E-state index in [1.54, 1.807) is 0 Å². The molecule has 0 aromatic rings. The van der Waals surface area contributed by atoms with E-state index in [0.29, 0.717) is 0 Å². The minimum atomic E-state index is -5.09. The molecule has 0 spiro atoms. The number of rotatable bonds is 3. The van der Waals surface area contributed by atoms with Crippen molar-refractivity contribution in [1.82, 2.24) is 0 Å². The lowest BCUT2D eigenvalue weighted by Crippen LogP contribution is -2.17. The largest absolute Gasteiger partial charge is 0.417 e. The fraction of sp³-hybridized carbons (Fsp3) is 0.222. The normalized spacial score (nSPS) is 13.5. The van der Waals surface area contributed by atoms with Crippen LogP contribution in [0.25, 0.3) is 0 Å². The zero-order valence-electron chi connectivity index (χ0n) is 7.74. The maximum absolute atomic E-state index is 12.2. The molecule has 0 unspecified atom stereocenters. The third-order valence-electron chi connectivity index (χ3n) is 1.48. The lowest BCUT2D eigenvalue weighted by Gasteiger charge is -2.12. The summed E-state index contributed by atoms with van der Waals surface area (Å²) in [5, 5.41) is 0. The molecule has 1 nitrogen and oxygen atoms in total. The van der Waals surface area contributed by atoms with Gasteiger partial charge in [0.05, 0.1) is 5.57 Å². The van der Waals surface area contributed by atoms with Gasteiger partial charge < -0.3 is 0 Å². The number of halogens is 6. The molecule has 0 rings (SSSR count). The van der Waals surface area contributed by atoms with Gasteiger partial charge >= 0.3 is 12.4 Å². The molecule has 90 valence electrons. The summed E-state index contributed by atoms with van der Waals surface area (Å²) >= 11 is 0. The number of allylic oxidation sites excluding steroid dienone is 4. The fourth-order valence-electron chi connectivity index (χ4n) is 0.676. The lowest BCUT2D eigenvalue weighted by atomic mass is 10.1. The van der Waals surface area contributed by atoms with Crippen molar-refractivity contribution >= 4 is 6.29 Å². The first-order valence-corrected chi connectivity index (χ1v) is 3.69. The van der Waals surface area contributed by atoms with Crippen LogP contribution in [0.5, 0.6) is 0 Å². The van der Waals surface area contributed by atoms with E-state index < -0.39 is 29.1 Å². The Morgan fingerprint density at radius 1 is 0.938 bits per heavy atom. The van der Waals surface area contributed by atoms with Crippen LogP contribution in [0.2, 0.25) is 0 Å². The number of aldehydes is 1. The summed E-state index contributed by atoms with van der Waals surface area (Å²) in [6.45, 7) is 5.15. The fourth-order valence-corrected chi connectivity index (χ4v) is 0.676. The van der Waals surface area contributed by atoms with E-state index in [2.05, 4.69) is 13.2 Å². The smallest absolute Gasteiger partial charge is 0.298 e. The van der Waals surface area contributed by atoms with Crippen LogP contribution in [0.3, 0.4) is 0 Å². The Hall–Kier alpha value is -1.53. The third-order valence-corrected chi connectivity index (χ3v) is 1.48. The minimum Gasteiger partial charge on any atom is -0.298 e. The van der Waals surface area contributed by atoms with Gasteiger partial charge in [0.2, 0.25) is 0 Å². The molecule has 0 N–H and O–H groups in total. The Morgan fingerprint density at radius 3 is 1.62 bits per heavy atom. The summed E-state index contributed by atoms with van der Waals surface area (Å²) in [5.74, 6) is 0. The molecular formula is C9H6F6O. The van der Waals surface area contributed by atoms with Gasteiger partial charge in [-0.25, -0.2) is 0 Å². The Morgan fingerprint density at radius 2 is 1.38 bits per heavy atom. The van der Waals surface area contributed by atoms with Gasteiger partial charge in [0, 0.05) is 11.1 Å². The van der Waals surface area contributed by atoms with Crippen molar-refractivity contribution in [1.29, 1.82) is 0 Å². The van der Waals surface area contributed by atoms with Gasteiger partial charge in [-0.05, 0) is 6.08 Å². The number of hydrogen-bond donors (Lipinski definition) is 0. The second-order valence-corrected chi connectivity index (χ2v) is 2.72. The molecule has 0 aromatic carbocycles. The number of carbonyl (C=O) groups is 1. The molecule has 0 radical (unpaired) electrons. The minimum absolute atomic E-state index is 0.253. The van der Waals surface area contributed by atoms with Crippen molar-refractivity contribution in [3.63, 3.8) is 0 Å². The summed E-state index contributed by atoms with van der Waals surface area (Å²) in [7, 11) is 0. The first-order valence-electron chi connectivity index (χ1n) is 3.69. The lowest BCUT2D eigenvalue weighted by molar-refractivity contribution is -0.108. The van der Waals surface area contributed by atoms with Crippen molar-refractivity contribution in [2.24, 2.45) is 0 Å². The molecule has 0 aliphatic rings. The van der Waals surface area contributed by atoms with Crippen LogP contribution in [-0.4, -0.2) is 18.6 Å². The van der Waals surface area contributed by atoms with Gasteiger partial charge in [0.15, 0.2) is 0 Å². The van der Waals surface area contributed by atoms with E-state index in [1.165, 1.54) is 0 Å². The molecule has 0 amide bonds. The van der Waals surface area contributed by atoms with Gasteiger partial charge in [-0.1, -0.05) is 13.2 Å². The Kier molecular flexibility index (Phi) is 4.11. The predicted molar refractivity (Wildman–Crippen MR) is 44.5 cm³/mol. The predicted octanol–water partition coefficient (Wildman–Crippen LogP) is 3.35. The molecular weight excluding hydrogens is 238 g/mol. The average Bonchev–Trinajstić information content (AvgIpc) is 2.09. The quantitative estimate of drug-likeness (QED) is 0.322. The highest BCUT2D eigenvalue weighted by Gasteiger charge is 2.38. The van der Waals surface area contributed by atoms with Crippen molar-refractivity contribution in [2.75, 3.05) is 0 Å². The molecule has 7 heteroatoms. The second-order valence-electron chi connectivity index (χ2n) is 2.72. The molecule has 0 heterocycles. The van der Waals surface area contributed by atoms with Gasteiger partial charge in [0.1, 0.15) is 6.29 Å². The zero-order chi connectivity index (χ0) is 13.1. The van der Waals surface area contributed by atoms with Crippen molar-refractivity contribution in [3.8, 4) is 0 Å². The summed E-state index contributed by atoms with van der Waals surface area (Å²) in [5.41, 5.74) is -4.55. The summed E-state index contributed by atoms with van der Waals surface area (Å²) < 4.78 is 72.4. The van der Waals surface area contributed by atoms with E-state index in [9.17, 15) is 31.1 Å². The molecule has 0 aromatic heterocycles. The van der Waals surface area contributed by atoms with Crippen LogP contribution in [-0.2, 0) is 4.79 Å². The summed E-state index contributed by atoms with van der Waals surface area (Å²) in [6.07, 6.45) is -10.6. The molecule has 0 fully saturated rings. The van der Waals surface area contributed by atoms with Crippen LogP contribution in [0.1, 0.15) is 0 Å². The van der Waals surface area contributed by atoms with E-state index in [-0.39, 0.29) is 12.4 Å². The first-order chi connectivity index (χ1) is 7.00. The maximum atomic E-state index is 12.2. The Labute approximate surface area is 86.7 Å². The van der Waals surface area contributed by atoms with Crippen LogP contribution in [0.15, 0.2) is 36.0 Å². The number of carbonyl (C=O) groups excluding carboxylic acids is 1. The highest BCUT2D eigenvalue weighted by Crippen LogP contribution is 2.34. The molecule has 0 saturated carbocycles. The van der Waals surface area contributed by atoms with E-state index in [4.69, 9.17) is 0 Å². The highest BCUT2D eigenvalue weighted by atomic mass is 19.4. The third kappa shape index (κ3) is 3.92. The van der Waals surface area contributed by atoms with Crippen molar-refractivity contribution in [3.05, 3.63) is 36.0 Å². The Bertz CT molecular complexity index is 344. The van der Waals surface area contributed by atoms with Crippen LogP contribution in [0, 0.1) is 0 Å². The maximum Gasteiger partial charge on any atom is 0.417 e. The topological polar surface area (TPSA) is 17.1 Å². The van der Waals surface area contributed by atoms with Gasteiger partial charge in [-0.15, -0.1) is 0 Å². The molecule has 0 saturated heterocycles. The number of alkyl halides is 6. The van der Waals surface area contributed by atoms with Crippen LogP contribution < -0.4 is 0 Å². The average molecular weight is 244 g/mol. The molecule has 0 aliphatic heterocycles. The van der Waals surface area contributed by atoms with Gasteiger partial charge in [0.25, 0.3) is 0 Å². The molecule has 16 heavy (non-hydrogen) atoms. The van der Waals surface area contributed by atoms with E-state index in [0.717, 1.165) is 0 Å². The van der Waals surface area contributed by atoms with Crippen LogP contribution in [0.4, 0.5) is 26.3 Å². The monoisotopic (exact) mass is 244 g/mol.